The number of rotatable bonds is 24. The van der Waals surface area contributed by atoms with Crippen molar-refractivity contribution < 1.29 is 68.2 Å². The molecule has 1 unspecified atom stereocenters. The predicted molar refractivity (Wildman–Crippen MR) is 296 cm³/mol. The van der Waals surface area contributed by atoms with Crippen molar-refractivity contribution in [2.75, 3.05) is 20.3 Å². The van der Waals surface area contributed by atoms with E-state index in [0.29, 0.717) is 0 Å². The Bertz CT molecular complexity index is 3200. The van der Waals surface area contributed by atoms with Gasteiger partial charge in [-0.2, -0.15) is 13.2 Å². The van der Waals surface area contributed by atoms with Gasteiger partial charge >= 0.3 is 25.4 Å². The summed E-state index contributed by atoms with van der Waals surface area (Å²) in [6.45, 7) is 16.4. The van der Waals surface area contributed by atoms with E-state index in [1.807, 2.05) is 104 Å². The van der Waals surface area contributed by atoms with Gasteiger partial charge in [-0.3, -0.25) is 32.3 Å². The molecule has 19 nitrogen and oxygen atoms in total. The first-order chi connectivity index (χ1) is 37.9. The van der Waals surface area contributed by atoms with Gasteiger partial charge in [0, 0.05) is 31.6 Å². The molecule has 4 heterocycles. The number of ether oxygens (including phenoxy) is 5. The van der Waals surface area contributed by atoms with Crippen LogP contribution in [0.2, 0.25) is 36.3 Å². The van der Waals surface area contributed by atoms with Crippen LogP contribution in [-0.2, 0) is 90.1 Å². The van der Waals surface area contributed by atoms with E-state index in [1.54, 1.807) is 24.3 Å². The van der Waals surface area contributed by atoms with E-state index in [4.69, 9.17) is 46.1 Å². The molecule has 444 valence electrons. The molecular weight excluding hydrogens is 1120 g/mol. The summed E-state index contributed by atoms with van der Waals surface area (Å²) in [6, 6.07) is 24.6. The van der Waals surface area contributed by atoms with Gasteiger partial charge < -0.3 is 32.5 Å². The van der Waals surface area contributed by atoms with Crippen LogP contribution in [0.4, 0.5) is 17.6 Å². The van der Waals surface area contributed by atoms with E-state index in [-0.39, 0.29) is 13.2 Å². The molecule has 0 N–H and O–H groups in total. The molecule has 2 aliphatic rings. The maximum atomic E-state index is 17.7. The van der Waals surface area contributed by atoms with Gasteiger partial charge in [0.25, 0.3) is 11.1 Å². The number of phosphoric ester groups is 1. The third kappa shape index (κ3) is 15.2. The lowest BCUT2D eigenvalue weighted by atomic mass is 10.1. The number of benzene rings is 3. The lowest BCUT2D eigenvalue weighted by Crippen LogP contribution is -2.50. The lowest BCUT2D eigenvalue weighted by Gasteiger charge is -2.40. The molecule has 9 atom stereocenters. The zero-order valence-corrected chi connectivity index (χ0v) is 50.2. The molecule has 0 saturated carbocycles. The molecule has 0 aliphatic carbocycles. The lowest BCUT2D eigenvalue weighted by molar-refractivity contribution is -0.138. The van der Waals surface area contributed by atoms with E-state index in [2.05, 4.69) is 0 Å². The minimum atomic E-state index is -5.40. The first kappa shape index (κ1) is 63.6. The second kappa shape index (κ2) is 25.9. The second-order valence-corrected chi connectivity index (χ2v) is 34.1. The van der Waals surface area contributed by atoms with Gasteiger partial charge in [0.05, 0.1) is 38.6 Å². The van der Waals surface area contributed by atoms with Crippen molar-refractivity contribution in [1.29, 1.82) is 0 Å². The van der Waals surface area contributed by atoms with Crippen molar-refractivity contribution in [2.24, 2.45) is 0 Å². The van der Waals surface area contributed by atoms with Crippen molar-refractivity contribution in [2.45, 2.75) is 166 Å². The normalized spacial score (nSPS) is 22.8. The fourth-order valence-corrected chi connectivity index (χ4v) is 12.2. The Morgan fingerprint density at radius 3 is 1.58 bits per heavy atom. The highest BCUT2D eigenvalue weighted by molar-refractivity contribution is 7.48. The third-order valence-corrected chi connectivity index (χ3v) is 25.6. The zero-order chi connectivity index (χ0) is 59.3. The number of halogens is 4. The highest BCUT2D eigenvalue weighted by Gasteiger charge is 2.55. The van der Waals surface area contributed by atoms with Gasteiger partial charge in [0.1, 0.15) is 44.0 Å². The standard InChI is InChI=1S/C55H73F4N4O15PSi2/c1-53(2,3)80(8,9)74-34-42-46(45(56)49(75-42)60-28-26-43(64)62(51(60)66)35-70-30-37-20-14-12-15-21-37)77-79(68,72-32-39-24-18-19-25-40(39)55(57,58)59)73-33-41-47(78-81(10,11)54(4,5)6)48(69-7)50(76-41)61-29-27-44(65)63(52(61)67)36-71-31-38-22-16-13-17-23-38/h12-29,41-42,45-50H,30-36H2,1-11H3/t41-,42-,45-,46-,47-,48-,49-,50-,79?/m1/s1. The van der Waals surface area contributed by atoms with Gasteiger partial charge in [0.15, 0.2) is 35.3 Å². The number of nitrogens with zero attached hydrogens (tertiary/aromatic N) is 4. The minimum Gasteiger partial charge on any atom is -0.414 e. The average Bonchev–Trinajstić information content (AvgIpc) is 3.57. The van der Waals surface area contributed by atoms with Crippen LogP contribution in [0, 0.1) is 0 Å². The average molecular weight is 1190 g/mol. The smallest absolute Gasteiger partial charge is 0.414 e. The highest BCUT2D eigenvalue weighted by Crippen LogP contribution is 2.56. The van der Waals surface area contributed by atoms with E-state index in [0.717, 1.165) is 65.9 Å². The largest absolute Gasteiger partial charge is 0.475 e. The second-order valence-electron chi connectivity index (χ2n) is 22.9. The summed E-state index contributed by atoms with van der Waals surface area (Å²) in [5.74, 6) is 0. The summed E-state index contributed by atoms with van der Waals surface area (Å²) in [7, 11) is -9.61. The van der Waals surface area contributed by atoms with Crippen LogP contribution in [0.5, 0.6) is 0 Å². The minimum absolute atomic E-state index is 0.0265. The Kier molecular flexibility index (Phi) is 20.3. The van der Waals surface area contributed by atoms with Crippen LogP contribution in [0.25, 0.3) is 0 Å². The predicted octanol–water partition coefficient (Wildman–Crippen LogP) is 9.69. The number of aromatic nitrogens is 4. The van der Waals surface area contributed by atoms with Crippen LogP contribution < -0.4 is 22.5 Å². The van der Waals surface area contributed by atoms with Crippen LogP contribution in [0.15, 0.2) is 129 Å². The number of methoxy groups -OCH3 is 1. The number of hydrogen-bond acceptors (Lipinski definition) is 15. The number of hydrogen-bond donors (Lipinski definition) is 0. The first-order valence-electron chi connectivity index (χ1n) is 26.3. The molecule has 26 heteroatoms. The molecule has 3 aromatic carbocycles. The topological polar surface area (TPSA) is 197 Å². The molecule has 0 spiro atoms. The Labute approximate surface area is 469 Å². The SMILES string of the molecule is CO[C@@H]1[C@H](O[Si](C)(C)C(C)(C)C)[C@@H](COP(=O)(OCc2ccccc2C(F)(F)F)O[C@H]2[C@@H](F)[C@H](n3ccc(=O)n(COCc4ccccc4)c3=O)O[C@@H]2CO[Si](C)(C)C(C)(C)C)O[C@H]1n1ccc(=O)n(COCc2ccccc2)c1=O. The van der Waals surface area contributed by atoms with Crippen molar-refractivity contribution in [3.05, 3.63) is 173 Å². The Hall–Kier alpha value is -5.00. The quantitative estimate of drug-likeness (QED) is 0.0321. The maximum absolute atomic E-state index is 17.7. The van der Waals surface area contributed by atoms with Crippen molar-refractivity contribution in [3.8, 4) is 0 Å². The van der Waals surface area contributed by atoms with Crippen molar-refractivity contribution in [3.63, 3.8) is 0 Å². The Morgan fingerprint density at radius 2 is 1.07 bits per heavy atom. The van der Waals surface area contributed by atoms with E-state index < -0.39 is 157 Å². The van der Waals surface area contributed by atoms with Crippen LogP contribution in [0.1, 0.15) is 76.3 Å². The summed E-state index contributed by atoms with van der Waals surface area (Å²) in [5, 5.41) is -0.833. The summed E-state index contributed by atoms with van der Waals surface area (Å²) in [4.78, 5) is 54.7. The maximum Gasteiger partial charge on any atom is 0.475 e. The van der Waals surface area contributed by atoms with Gasteiger partial charge in [-0.15, -0.1) is 0 Å². The Balaban J connectivity index is 1.25. The van der Waals surface area contributed by atoms with Crippen molar-refractivity contribution in [1.82, 2.24) is 18.3 Å². The van der Waals surface area contributed by atoms with Crippen LogP contribution in [0.3, 0.4) is 0 Å². The van der Waals surface area contributed by atoms with Gasteiger partial charge in [-0.05, 0) is 59.0 Å². The fraction of sp³-hybridized carbons (Fsp3) is 0.527. The van der Waals surface area contributed by atoms with Gasteiger partial charge in [-0.1, -0.05) is 120 Å². The van der Waals surface area contributed by atoms with Gasteiger partial charge in [0.2, 0.25) is 0 Å². The third-order valence-electron chi connectivity index (χ3n) is 15.2. The van der Waals surface area contributed by atoms with Crippen LogP contribution >= 0.6 is 7.82 Å². The molecule has 5 aromatic rings. The summed E-state index contributed by atoms with van der Waals surface area (Å²) < 4.78 is 142. The van der Waals surface area contributed by atoms with Crippen LogP contribution in [-0.4, -0.2) is 91.9 Å². The van der Waals surface area contributed by atoms with E-state index >= 15 is 8.96 Å². The molecular formula is C55H73F4N4O15PSi2. The molecule has 2 aliphatic heterocycles. The molecule has 2 aromatic heterocycles. The molecule has 2 saturated heterocycles. The summed E-state index contributed by atoms with van der Waals surface area (Å²) >= 11 is 0. The fourth-order valence-electron chi connectivity index (χ4n) is 8.49. The summed E-state index contributed by atoms with van der Waals surface area (Å²) in [6.07, 6.45) is -15.4. The highest BCUT2D eigenvalue weighted by atomic mass is 31.2. The first-order valence-corrected chi connectivity index (χ1v) is 33.6. The zero-order valence-electron chi connectivity index (χ0n) is 47.3. The monoisotopic (exact) mass is 1190 g/mol. The van der Waals surface area contributed by atoms with E-state index in [9.17, 15) is 32.3 Å². The molecule has 7 rings (SSSR count). The number of alkyl halides is 4. The van der Waals surface area contributed by atoms with Gasteiger partial charge in [-0.25, -0.2) is 27.7 Å². The molecule has 81 heavy (non-hydrogen) atoms. The van der Waals surface area contributed by atoms with E-state index in [1.165, 1.54) is 19.4 Å². The molecule has 0 amide bonds. The molecule has 2 fully saturated rings. The summed E-state index contributed by atoms with van der Waals surface area (Å²) in [5.41, 5.74) is -3.39. The molecule has 0 bridgehead atoms. The van der Waals surface area contributed by atoms with Crippen molar-refractivity contribution >= 4 is 24.5 Å². The molecule has 0 radical (unpaired) electrons. The Morgan fingerprint density at radius 1 is 0.593 bits per heavy atom. The number of phosphoric acid groups is 1.